The Morgan fingerprint density at radius 3 is 2.05 bits per heavy atom. The molecule has 112 valence electrons. The minimum Gasteiger partial charge on any atom is -1.00 e. The molecule has 0 aliphatic heterocycles. The first-order valence-corrected chi connectivity index (χ1v) is 8.14. The predicted octanol–water partition coefficient (Wildman–Crippen LogP) is -0.0421. The van der Waals surface area contributed by atoms with Crippen LogP contribution in [0.4, 0.5) is 0 Å². The summed E-state index contributed by atoms with van der Waals surface area (Å²) in [5.41, 5.74) is 2.93. The molecule has 0 unspecified atom stereocenters. The Morgan fingerprint density at radius 2 is 1.55 bits per heavy atom. The summed E-state index contributed by atoms with van der Waals surface area (Å²) in [5.74, 6) is -0.716. The molecule has 2 aromatic rings. The molecule has 0 bridgehead atoms. The summed E-state index contributed by atoms with van der Waals surface area (Å²) in [6.45, 7) is 5.54. The summed E-state index contributed by atoms with van der Waals surface area (Å²) in [6.07, 6.45) is 0. The SMILES string of the molecule is Cc1cc(C)c(C(=O)O[P+](O)(O)c2ccccc2)c(C)c1.[H-].[Li+]. The van der Waals surface area contributed by atoms with Gasteiger partial charge in [0.2, 0.25) is 0 Å². The quantitative estimate of drug-likeness (QED) is 0.616. The number of rotatable bonds is 3. The molecule has 0 fully saturated rings. The van der Waals surface area contributed by atoms with Gasteiger partial charge in [-0.05, 0) is 44.0 Å². The van der Waals surface area contributed by atoms with Crippen molar-refractivity contribution in [2.45, 2.75) is 20.8 Å². The standard InChI is InChI=1S/C16H18O4P.Li.H/c1-11-9-12(2)15(13(3)10-11)16(17)20-21(18,19)14-7-5-4-6-8-14;;/h4-10,18-19H,1-3H3;;/q2*+1;-1. The van der Waals surface area contributed by atoms with Gasteiger partial charge in [0, 0.05) is 0 Å². The van der Waals surface area contributed by atoms with Crippen molar-refractivity contribution < 1.29 is 39.4 Å². The van der Waals surface area contributed by atoms with Crippen LogP contribution in [0.2, 0.25) is 0 Å². The number of hydrogen-bond acceptors (Lipinski definition) is 4. The Balaban J connectivity index is 0.00000242. The molecule has 4 nitrogen and oxygen atoms in total. The van der Waals surface area contributed by atoms with Crippen LogP contribution in [0, 0.1) is 20.8 Å². The van der Waals surface area contributed by atoms with Crippen LogP contribution in [-0.4, -0.2) is 15.8 Å². The van der Waals surface area contributed by atoms with Crippen molar-refractivity contribution in [3.63, 3.8) is 0 Å². The van der Waals surface area contributed by atoms with Crippen molar-refractivity contribution >= 4 is 19.2 Å². The fraction of sp³-hybridized carbons (Fsp3) is 0.188. The van der Waals surface area contributed by atoms with E-state index < -0.39 is 13.9 Å². The molecule has 2 aromatic carbocycles. The zero-order valence-corrected chi connectivity index (χ0v) is 14.1. The molecule has 0 amide bonds. The van der Waals surface area contributed by atoms with E-state index in [1.54, 1.807) is 32.0 Å². The van der Waals surface area contributed by atoms with Crippen LogP contribution in [0.5, 0.6) is 0 Å². The number of benzene rings is 2. The molecule has 0 radical (unpaired) electrons. The summed E-state index contributed by atoms with van der Waals surface area (Å²) in [7, 11) is -3.92. The molecule has 0 aliphatic rings. The molecular weight excluding hydrogens is 294 g/mol. The van der Waals surface area contributed by atoms with E-state index in [0.29, 0.717) is 5.56 Å². The van der Waals surface area contributed by atoms with Gasteiger partial charge in [0.15, 0.2) is 5.30 Å². The third-order valence-corrected chi connectivity index (χ3v) is 4.58. The van der Waals surface area contributed by atoms with E-state index in [1.807, 2.05) is 19.1 Å². The third-order valence-electron chi connectivity index (χ3n) is 3.18. The Hall–Kier alpha value is -1.14. The monoisotopic (exact) mass is 313 g/mol. The molecule has 0 atom stereocenters. The fourth-order valence-corrected chi connectivity index (χ4v) is 3.33. The van der Waals surface area contributed by atoms with E-state index in [4.69, 9.17) is 4.52 Å². The van der Waals surface area contributed by atoms with Crippen LogP contribution < -0.4 is 24.2 Å². The largest absolute Gasteiger partial charge is 1.00 e. The van der Waals surface area contributed by atoms with Crippen molar-refractivity contribution in [3.05, 3.63) is 64.7 Å². The van der Waals surface area contributed by atoms with E-state index in [2.05, 4.69) is 0 Å². The maximum Gasteiger partial charge on any atom is 1.00 e. The molecule has 0 saturated heterocycles. The van der Waals surface area contributed by atoms with Crippen molar-refractivity contribution in [2.75, 3.05) is 0 Å². The van der Waals surface area contributed by atoms with Gasteiger partial charge in [0.05, 0.1) is 5.56 Å². The van der Waals surface area contributed by atoms with Crippen LogP contribution in [0.25, 0.3) is 0 Å². The number of carbonyl (C=O) groups is 1. The van der Waals surface area contributed by atoms with Gasteiger partial charge in [-0.3, -0.25) is 0 Å². The van der Waals surface area contributed by atoms with Crippen molar-refractivity contribution in [2.24, 2.45) is 0 Å². The smallest absolute Gasteiger partial charge is 1.00 e. The molecule has 2 N–H and O–H groups in total. The molecule has 0 saturated carbocycles. The second-order valence-corrected chi connectivity index (χ2v) is 6.82. The number of hydrogen-bond donors (Lipinski definition) is 2. The number of aryl methyl sites for hydroxylation is 3. The summed E-state index contributed by atoms with van der Waals surface area (Å²) in [4.78, 5) is 32.4. The fourth-order valence-electron chi connectivity index (χ4n) is 2.34. The molecule has 0 heterocycles. The van der Waals surface area contributed by atoms with E-state index >= 15 is 0 Å². The Labute approximate surface area is 144 Å². The second-order valence-electron chi connectivity index (χ2n) is 5.03. The third kappa shape index (κ3) is 4.20. The molecular formula is C16H19LiO4P+. The van der Waals surface area contributed by atoms with Gasteiger partial charge in [-0.15, -0.1) is 0 Å². The predicted molar refractivity (Wildman–Crippen MR) is 84.6 cm³/mol. The van der Waals surface area contributed by atoms with E-state index in [9.17, 15) is 14.6 Å². The van der Waals surface area contributed by atoms with Gasteiger partial charge in [-0.2, -0.15) is 9.79 Å². The maximum absolute atomic E-state index is 12.3. The van der Waals surface area contributed by atoms with Crippen molar-refractivity contribution in [3.8, 4) is 0 Å². The molecule has 22 heavy (non-hydrogen) atoms. The molecule has 0 spiro atoms. The van der Waals surface area contributed by atoms with Gasteiger partial charge in [-0.25, -0.2) is 9.32 Å². The van der Waals surface area contributed by atoms with Crippen molar-refractivity contribution in [1.82, 2.24) is 0 Å². The minimum atomic E-state index is -3.92. The molecule has 6 heteroatoms. The first-order chi connectivity index (χ1) is 9.81. The van der Waals surface area contributed by atoms with E-state index in [-0.39, 0.29) is 25.6 Å². The summed E-state index contributed by atoms with van der Waals surface area (Å²) in [6, 6.07) is 11.8. The average molecular weight is 313 g/mol. The normalized spacial score (nSPS) is 10.8. The maximum atomic E-state index is 12.3. The van der Waals surface area contributed by atoms with Crippen molar-refractivity contribution in [1.29, 1.82) is 0 Å². The molecule has 2 rings (SSSR count). The minimum absolute atomic E-state index is 0. The van der Waals surface area contributed by atoms with E-state index in [1.165, 1.54) is 12.1 Å². The van der Waals surface area contributed by atoms with Gasteiger partial charge < -0.3 is 1.43 Å². The Morgan fingerprint density at radius 1 is 1.05 bits per heavy atom. The van der Waals surface area contributed by atoms with E-state index in [0.717, 1.165) is 16.7 Å². The first-order valence-electron chi connectivity index (χ1n) is 6.53. The van der Waals surface area contributed by atoms with Crippen LogP contribution >= 0.6 is 7.94 Å². The topological polar surface area (TPSA) is 66.8 Å². The van der Waals surface area contributed by atoms with Gasteiger partial charge >= 0.3 is 32.8 Å². The van der Waals surface area contributed by atoms with Crippen LogP contribution in [0.15, 0.2) is 42.5 Å². The zero-order valence-electron chi connectivity index (χ0n) is 14.2. The Kier molecular flexibility index (Phi) is 6.37. The zero-order chi connectivity index (χ0) is 15.6. The first kappa shape index (κ1) is 18.9. The summed E-state index contributed by atoms with van der Waals surface area (Å²) in [5, 5.41) is 0.209. The second kappa shape index (κ2) is 7.42. The summed E-state index contributed by atoms with van der Waals surface area (Å²) >= 11 is 0. The van der Waals surface area contributed by atoms with Crippen LogP contribution in [0.1, 0.15) is 28.5 Å². The van der Waals surface area contributed by atoms with Crippen LogP contribution in [0.3, 0.4) is 0 Å². The molecule has 0 aliphatic carbocycles. The average Bonchev–Trinajstić information content (AvgIpc) is 2.37. The van der Waals surface area contributed by atoms with Gasteiger partial charge in [0.25, 0.3) is 0 Å². The number of carbonyl (C=O) groups excluding carboxylic acids is 1. The molecule has 0 aromatic heterocycles. The van der Waals surface area contributed by atoms with Gasteiger partial charge in [-0.1, -0.05) is 35.9 Å². The summed E-state index contributed by atoms with van der Waals surface area (Å²) < 4.78 is 4.99. The van der Waals surface area contributed by atoms with Crippen LogP contribution in [-0.2, 0) is 4.52 Å². The van der Waals surface area contributed by atoms with Gasteiger partial charge in [0.1, 0.15) is 0 Å². The Bertz CT molecular complexity index is 654.